The van der Waals surface area contributed by atoms with Gasteiger partial charge in [0.15, 0.2) is 17.2 Å². The third kappa shape index (κ3) is 30.0. The van der Waals surface area contributed by atoms with E-state index in [4.69, 9.17) is 56.8 Å². The summed E-state index contributed by atoms with van der Waals surface area (Å²) in [7, 11) is 0. The Hall–Kier alpha value is -9.96. The number of hydrogen-bond donors (Lipinski definition) is 0. The van der Waals surface area contributed by atoms with E-state index in [2.05, 4.69) is 41.5 Å². The van der Waals surface area contributed by atoms with E-state index in [0.29, 0.717) is 108 Å². The van der Waals surface area contributed by atoms with Crippen LogP contribution in [0.4, 0.5) is 0 Å². The molecule has 18 nitrogen and oxygen atoms in total. The maximum atomic E-state index is 15.6. The predicted octanol–water partition coefficient (Wildman–Crippen LogP) is 30.9. The number of hydrogen-bond acceptors (Lipinski definition) is 21. The van der Waals surface area contributed by atoms with Gasteiger partial charge in [-0.15, -0.1) is 0 Å². The van der Waals surface area contributed by atoms with Crippen molar-refractivity contribution in [2.75, 3.05) is 39.6 Å². The van der Waals surface area contributed by atoms with Gasteiger partial charge in [-0.25, -0.2) is 28.8 Å². The van der Waals surface area contributed by atoms with Crippen molar-refractivity contribution in [3.05, 3.63) is 176 Å². The quantitative estimate of drug-likeness (QED) is 0.0256. The van der Waals surface area contributed by atoms with E-state index < -0.39 is 35.8 Å². The average molecular weight is 1820 g/mol. The van der Waals surface area contributed by atoms with Crippen LogP contribution in [0.2, 0.25) is 0 Å². The number of thiophene rings is 3. The summed E-state index contributed by atoms with van der Waals surface area (Å²) in [4.78, 5) is 93.1. The zero-order valence-corrected chi connectivity index (χ0v) is 81.1. The van der Waals surface area contributed by atoms with Crippen LogP contribution < -0.4 is 56.8 Å². The Morgan fingerprint density at radius 1 is 0.209 bits per heavy atom. The first-order chi connectivity index (χ1) is 62.8. The highest BCUT2D eigenvalue weighted by Gasteiger charge is 2.37. The molecule has 3 aromatic heterocycles. The van der Waals surface area contributed by atoms with Crippen molar-refractivity contribution in [2.45, 2.75) is 314 Å². The molecule has 10 aromatic rings. The topological polar surface area (TPSA) is 213 Å². The lowest BCUT2D eigenvalue weighted by Crippen LogP contribution is -2.12. The van der Waals surface area contributed by atoms with Gasteiger partial charge < -0.3 is 56.8 Å². The third-order valence-corrected chi connectivity index (χ3v) is 26.5. The molecule has 0 saturated carbocycles. The Balaban J connectivity index is 1.20. The summed E-state index contributed by atoms with van der Waals surface area (Å²) >= 11 is 2.67. The van der Waals surface area contributed by atoms with Crippen LogP contribution in [0.1, 0.15) is 368 Å². The van der Waals surface area contributed by atoms with E-state index in [9.17, 15) is 0 Å². The molecule has 0 aliphatic carbocycles. The first-order valence-corrected chi connectivity index (χ1v) is 50.5. The molecular formula is C108H138O18S3. The number of benzene rings is 7. The van der Waals surface area contributed by atoms with Crippen molar-refractivity contribution in [3.63, 3.8) is 0 Å². The average Bonchev–Trinajstić information content (AvgIpc) is 1.54. The van der Waals surface area contributed by atoms with E-state index in [0.717, 1.165) is 227 Å². The van der Waals surface area contributed by atoms with Crippen LogP contribution in [-0.4, -0.2) is 75.5 Å². The molecule has 0 radical (unpaired) electrons. The van der Waals surface area contributed by atoms with Gasteiger partial charge in [-0.3, -0.25) is 0 Å². The number of aryl methyl sites for hydroxylation is 6. The second kappa shape index (κ2) is 54.0. The number of carbonyl (C=O) groups is 6. The summed E-state index contributed by atoms with van der Waals surface area (Å²) < 4.78 is 78.9. The van der Waals surface area contributed by atoms with Crippen molar-refractivity contribution < 1.29 is 85.6 Å². The smallest absolute Gasteiger partial charge is 0.344 e. The van der Waals surface area contributed by atoms with Gasteiger partial charge in [-0.05, 0) is 223 Å². The van der Waals surface area contributed by atoms with Crippen LogP contribution in [-0.2, 0) is 0 Å². The lowest BCUT2D eigenvalue weighted by atomic mass is 10.1. The monoisotopic (exact) mass is 1820 g/mol. The summed E-state index contributed by atoms with van der Waals surface area (Å²) in [5, 5.41) is -0.478. The van der Waals surface area contributed by atoms with Gasteiger partial charge >= 0.3 is 35.8 Å². The SMILES string of the molecule is CCCCCCCCOc1ccc(C(=O)Oc2sc3c(c2OC(=O)c2ccc(OCCCCCCCC)c(C)c2)c2sc(OC(=O)c4ccc(OCCCCCCCC)c(C)c4)c(OC(=O)c4ccc(OCCCCCCCC)c(C)c4)c2c2sc(OC(=O)c4ccc(OCCCCCCCC)c(C)c4)c(OC(=O)c4ccc(OCCCCCCCC)c(C)c4)c32)cc1C. The lowest BCUT2D eigenvalue weighted by Gasteiger charge is -2.12. The molecule has 0 bridgehead atoms. The largest absolute Gasteiger partial charge is 0.493 e. The minimum atomic E-state index is -0.872. The first kappa shape index (κ1) is 101. The van der Waals surface area contributed by atoms with Gasteiger partial charge in [0.2, 0.25) is 15.2 Å². The zero-order valence-electron chi connectivity index (χ0n) is 78.7. The Kier molecular flexibility index (Phi) is 42.4. The van der Waals surface area contributed by atoms with Crippen molar-refractivity contribution >= 4 is 100 Å². The van der Waals surface area contributed by atoms with Gasteiger partial charge in [-0.1, -0.05) is 268 Å². The fourth-order valence-corrected chi connectivity index (χ4v) is 19.3. The molecule has 3 heterocycles. The first-order valence-electron chi connectivity index (χ1n) is 48.0. The Labute approximate surface area is 777 Å². The molecule has 129 heavy (non-hydrogen) atoms. The van der Waals surface area contributed by atoms with Crippen LogP contribution in [0.5, 0.6) is 66.9 Å². The molecule has 0 spiro atoms. The molecule has 0 fully saturated rings. The second-order valence-electron chi connectivity index (χ2n) is 34.2. The second-order valence-corrected chi connectivity index (χ2v) is 37.1. The molecule has 0 N–H and O–H groups in total. The standard InChI is InChI=1S/C108H138O18S3/c1-13-19-25-31-37-43-61-115-85-55-49-79(67-73(85)7)100(109)121-94-91-97(127-106(94)124-103(112)82-52-58-88(76(10)70-82)118-64-46-40-34-28-22-16-4)92-95(122-101(110)80-50-56-86(74(8)68-80)116-62-44-38-32-26-20-14-2)108(126-105(114)84-54-60-90(78(12)72-84)120-66-48-42-36-30-24-18-6)129-99(92)93-96(123-102(111)81-51-57-87(75(9)69-81)117-63-45-39-33-27-21-15-3)107(128-98(91)93)125-104(113)83-53-59-89(77(11)71-83)119-65-47-41-35-29-23-17-5/h49-60,67-72H,13-48,61-66H2,1-12H3. The maximum absolute atomic E-state index is 15.6. The number of ether oxygens (including phenoxy) is 12. The van der Waals surface area contributed by atoms with Crippen LogP contribution in [0.25, 0.3) is 30.3 Å². The fraction of sp³-hybridized carbons (Fsp3) is 0.500. The number of fused-ring (bicyclic) bond motifs is 6. The number of carbonyl (C=O) groups excluding carboxylic acids is 6. The summed E-state index contributed by atoms with van der Waals surface area (Å²) in [6.07, 6.45) is 38.8. The summed E-state index contributed by atoms with van der Waals surface area (Å²) in [6, 6.07) is 30.1. The number of unbranched alkanes of at least 4 members (excludes halogenated alkanes) is 30. The summed E-state index contributed by atoms with van der Waals surface area (Å²) in [6.45, 7) is 27.1. The van der Waals surface area contributed by atoms with Crippen LogP contribution in [0.3, 0.4) is 0 Å². The van der Waals surface area contributed by atoms with E-state index in [1.54, 1.807) is 109 Å². The molecule has 0 atom stereocenters. The van der Waals surface area contributed by atoms with E-state index in [-0.39, 0.29) is 96.1 Å². The highest BCUT2D eigenvalue weighted by atomic mass is 32.1. The minimum absolute atomic E-state index is 0.0711. The van der Waals surface area contributed by atoms with Gasteiger partial charge in [-0.2, -0.15) is 0 Å². The predicted molar refractivity (Wildman–Crippen MR) is 523 cm³/mol. The molecule has 0 amide bonds. The maximum Gasteiger partial charge on any atom is 0.344 e. The van der Waals surface area contributed by atoms with Gasteiger partial charge in [0.1, 0.15) is 34.5 Å². The van der Waals surface area contributed by atoms with Crippen LogP contribution in [0, 0.1) is 41.5 Å². The molecule has 10 rings (SSSR count). The van der Waals surface area contributed by atoms with Crippen molar-refractivity contribution in [1.29, 1.82) is 0 Å². The van der Waals surface area contributed by atoms with Gasteiger partial charge in [0.05, 0.1) is 103 Å². The van der Waals surface area contributed by atoms with Crippen LogP contribution in [0.15, 0.2) is 109 Å². The molecule has 0 saturated heterocycles. The zero-order chi connectivity index (χ0) is 91.8. The minimum Gasteiger partial charge on any atom is -0.493 e. The van der Waals surface area contributed by atoms with Crippen molar-refractivity contribution in [2.24, 2.45) is 0 Å². The molecule has 21 heteroatoms. The van der Waals surface area contributed by atoms with Crippen molar-refractivity contribution in [1.82, 2.24) is 0 Å². The molecular weight excluding hydrogens is 1680 g/mol. The Bertz CT molecular complexity index is 4750. The highest BCUT2D eigenvalue weighted by molar-refractivity contribution is 7.29. The summed E-state index contributed by atoms with van der Waals surface area (Å²) in [5.41, 5.74) is 4.73. The van der Waals surface area contributed by atoms with E-state index in [1.807, 2.05) is 41.5 Å². The normalized spacial score (nSPS) is 11.3. The van der Waals surface area contributed by atoms with Gasteiger partial charge in [0, 0.05) is 0 Å². The van der Waals surface area contributed by atoms with Gasteiger partial charge in [0.25, 0.3) is 0 Å². The molecule has 7 aromatic carbocycles. The Morgan fingerprint density at radius 3 is 0.527 bits per heavy atom. The molecule has 0 unspecified atom stereocenters. The fourth-order valence-electron chi connectivity index (χ4n) is 15.7. The highest BCUT2D eigenvalue weighted by Crippen LogP contribution is 2.62. The van der Waals surface area contributed by atoms with E-state index >= 15 is 28.8 Å². The van der Waals surface area contributed by atoms with Crippen LogP contribution >= 0.6 is 34.0 Å². The van der Waals surface area contributed by atoms with Crippen molar-refractivity contribution in [3.8, 4) is 66.9 Å². The number of esters is 6. The lowest BCUT2D eigenvalue weighted by molar-refractivity contribution is 0.0690. The Morgan fingerprint density at radius 2 is 0.364 bits per heavy atom. The van der Waals surface area contributed by atoms with E-state index in [1.165, 1.54) is 38.5 Å². The molecule has 0 aliphatic rings. The molecule has 0 aliphatic heterocycles. The third-order valence-electron chi connectivity index (χ3n) is 23.3. The summed E-state index contributed by atoms with van der Waals surface area (Å²) in [5.74, 6) is -2.43. The number of rotatable bonds is 60. The molecule has 696 valence electrons.